The summed E-state index contributed by atoms with van der Waals surface area (Å²) in [6, 6.07) is 1.94. The number of amides is 1. The molecule has 21 heavy (non-hydrogen) atoms. The number of fused-ring (bicyclic) bond motifs is 1. The van der Waals surface area contributed by atoms with E-state index in [1.807, 2.05) is 6.07 Å². The number of hydrogen-bond acceptors (Lipinski definition) is 4. The predicted octanol–water partition coefficient (Wildman–Crippen LogP) is 1.47. The molecule has 0 spiro atoms. The zero-order chi connectivity index (χ0) is 14.9. The number of nitrogens with one attached hydrogen (secondary N) is 2. The standard InChI is InChI=1S/C16H24N4O/c1-16(5-7-18-8-6-16)10-19-15-12(14(17)21)9-11-3-2-4-13(11)20-15/h9,18H,2-8,10H2,1H3,(H2,17,21)(H,19,20). The van der Waals surface area contributed by atoms with Crippen molar-refractivity contribution < 1.29 is 4.79 Å². The number of carbonyl (C=O) groups is 1. The van der Waals surface area contributed by atoms with Crippen molar-refractivity contribution in [2.45, 2.75) is 39.0 Å². The van der Waals surface area contributed by atoms with E-state index in [4.69, 9.17) is 5.73 Å². The van der Waals surface area contributed by atoms with Gasteiger partial charge in [-0.1, -0.05) is 6.92 Å². The van der Waals surface area contributed by atoms with Crippen LogP contribution in [0.25, 0.3) is 0 Å². The molecule has 1 aliphatic carbocycles. The van der Waals surface area contributed by atoms with Crippen LogP contribution >= 0.6 is 0 Å². The lowest BCUT2D eigenvalue weighted by molar-refractivity contribution is 0.100. The summed E-state index contributed by atoms with van der Waals surface area (Å²) in [4.78, 5) is 16.3. The molecular weight excluding hydrogens is 264 g/mol. The van der Waals surface area contributed by atoms with Crippen molar-refractivity contribution in [3.63, 3.8) is 0 Å². The fourth-order valence-corrected chi connectivity index (χ4v) is 3.30. The summed E-state index contributed by atoms with van der Waals surface area (Å²) in [5.74, 6) is 0.276. The molecule has 5 heteroatoms. The Kier molecular flexibility index (Phi) is 3.85. The van der Waals surface area contributed by atoms with E-state index in [0.717, 1.165) is 57.4 Å². The SMILES string of the molecule is CC1(CNc2nc3c(cc2C(N)=O)CCC3)CCNCC1. The van der Waals surface area contributed by atoms with Gasteiger partial charge in [0, 0.05) is 12.2 Å². The van der Waals surface area contributed by atoms with Crippen LogP contribution in [0.2, 0.25) is 0 Å². The number of nitrogens with zero attached hydrogens (tertiary/aromatic N) is 1. The van der Waals surface area contributed by atoms with E-state index in [0.29, 0.717) is 11.4 Å². The molecule has 1 fully saturated rings. The van der Waals surface area contributed by atoms with E-state index < -0.39 is 5.91 Å². The van der Waals surface area contributed by atoms with Crippen molar-refractivity contribution in [1.82, 2.24) is 10.3 Å². The monoisotopic (exact) mass is 288 g/mol. The fourth-order valence-electron chi connectivity index (χ4n) is 3.30. The van der Waals surface area contributed by atoms with Crippen molar-refractivity contribution in [1.29, 1.82) is 0 Å². The Balaban J connectivity index is 1.79. The van der Waals surface area contributed by atoms with Gasteiger partial charge in [-0.25, -0.2) is 4.98 Å². The highest BCUT2D eigenvalue weighted by atomic mass is 16.1. The van der Waals surface area contributed by atoms with Gasteiger partial charge in [-0.3, -0.25) is 4.79 Å². The number of rotatable bonds is 4. The highest BCUT2D eigenvalue weighted by Crippen LogP contribution is 2.30. The Morgan fingerprint density at radius 2 is 2.19 bits per heavy atom. The first-order valence-electron chi connectivity index (χ1n) is 7.85. The first-order valence-corrected chi connectivity index (χ1v) is 7.85. The summed E-state index contributed by atoms with van der Waals surface area (Å²) in [7, 11) is 0. The lowest BCUT2D eigenvalue weighted by Gasteiger charge is -2.34. The molecular formula is C16H24N4O. The Bertz CT molecular complexity index is 549. The summed E-state index contributed by atoms with van der Waals surface area (Å²) in [5, 5.41) is 6.78. The minimum absolute atomic E-state index is 0.251. The van der Waals surface area contributed by atoms with Gasteiger partial charge in [0.2, 0.25) is 0 Å². The van der Waals surface area contributed by atoms with Crippen LogP contribution in [0.5, 0.6) is 0 Å². The molecule has 1 saturated heterocycles. The number of piperidine rings is 1. The first kappa shape index (κ1) is 14.3. The smallest absolute Gasteiger partial charge is 0.252 e. The molecule has 0 atom stereocenters. The highest BCUT2D eigenvalue weighted by molar-refractivity contribution is 5.97. The van der Waals surface area contributed by atoms with Crippen molar-refractivity contribution in [2.24, 2.45) is 11.1 Å². The Hall–Kier alpha value is -1.62. The minimum atomic E-state index is -0.393. The number of pyridine rings is 1. The molecule has 2 heterocycles. The van der Waals surface area contributed by atoms with Gasteiger partial charge in [-0.05, 0) is 62.2 Å². The zero-order valence-electron chi connectivity index (χ0n) is 12.7. The van der Waals surface area contributed by atoms with Crippen molar-refractivity contribution in [3.05, 3.63) is 22.9 Å². The van der Waals surface area contributed by atoms with Crippen molar-refractivity contribution in [2.75, 3.05) is 25.0 Å². The molecule has 4 N–H and O–H groups in total. The van der Waals surface area contributed by atoms with Crippen LogP contribution < -0.4 is 16.4 Å². The Morgan fingerprint density at radius 3 is 2.90 bits per heavy atom. The van der Waals surface area contributed by atoms with Gasteiger partial charge in [0.05, 0.1) is 5.56 Å². The third kappa shape index (κ3) is 3.02. The van der Waals surface area contributed by atoms with E-state index in [-0.39, 0.29) is 5.41 Å². The first-order chi connectivity index (χ1) is 10.1. The molecule has 0 saturated carbocycles. The van der Waals surface area contributed by atoms with Crippen LogP contribution in [0.15, 0.2) is 6.07 Å². The molecule has 0 aromatic carbocycles. The van der Waals surface area contributed by atoms with Gasteiger partial charge >= 0.3 is 0 Å². The lowest BCUT2D eigenvalue weighted by Crippen LogP contribution is -2.39. The number of carbonyl (C=O) groups excluding carboxylic acids is 1. The van der Waals surface area contributed by atoms with Crippen molar-refractivity contribution >= 4 is 11.7 Å². The van der Waals surface area contributed by atoms with Crippen LogP contribution in [0, 0.1) is 5.41 Å². The van der Waals surface area contributed by atoms with Gasteiger partial charge in [0.25, 0.3) is 5.91 Å². The third-order valence-corrected chi connectivity index (χ3v) is 4.81. The minimum Gasteiger partial charge on any atom is -0.369 e. The Morgan fingerprint density at radius 1 is 1.43 bits per heavy atom. The quantitative estimate of drug-likeness (QED) is 0.784. The summed E-state index contributed by atoms with van der Waals surface area (Å²) in [5.41, 5.74) is 8.61. The maximum atomic E-state index is 11.7. The summed E-state index contributed by atoms with van der Waals surface area (Å²) < 4.78 is 0. The molecule has 0 unspecified atom stereocenters. The number of anilines is 1. The van der Waals surface area contributed by atoms with Crippen LogP contribution in [0.1, 0.15) is 47.8 Å². The number of aryl methyl sites for hydroxylation is 2. The van der Waals surface area contributed by atoms with E-state index in [2.05, 4.69) is 22.5 Å². The third-order valence-electron chi connectivity index (χ3n) is 4.81. The summed E-state index contributed by atoms with van der Waals surface area (Å²) in [6.45, 7) is 5.23. The molecule has 114 valence electrons. The number of hydrogen-bond donors (Lipinski definition) is 3. The summed E-state index contributed by atoms with van der Waals surface area (Å²) >= 11 is 0. The number of nitrogens with two attached hydrogens (primary N) is 1. The summed E-state index contributed by atoms with van der Waals surface area (Å²) in [6.07, 6.45) is 5.40. The normalized spacial score (nSPS) is 20.0. The second kappa shape index (κ2) is 5.64. The van der Waals surface area contributed by atoms with Crippen LogP contribution in [0.4, 0.5) is 5.82 Å². The van der Waals surface area contributed by atoms with Gasteiger partial charge in [-0.2, -0.15) is 0 Å². The van der Waals surface area contributed by atoms with Gasteiger partial charge in [0.1, 0.15) is 5.82 Å². The molecule has 0 radical (unpaired) electrons. The number of primary amides is 1. The second-order valence-corrected chi connectivity index (χ2v) is 6.62. The highest BCUT2D eigenvalue weighted by Gasteiger charge is 2.27. The van der Waals surface area contributed by atoms with Crippen LogP contribution in [-0.2, 0) is 12.8 Å². The van der Waals surface area contributed by atoms with Crippen molar-refractivity contribution in [3.8, 4) is 0 Å². The van der Waals surface area contributed by atoms with Crippen LogP contribution in [0.3, 0.4) is 0 Å². The molecule has 0 bridgehead atoms. The van der Waals surface area contributed by atoms with Gasteiger partial charge < -0.3 is 16.4 Å². The van der Waals surface area contributed by atoms with E-state index in [1.165, 1.54) is 5.56 Å². The van der Waals surface area contributed by atoms with E-state index in [9.17, 15) is 4.79 Å². The maximum absolute atomic E-state index is 11.7. The predicted molar refractivity (Wildman–Crippen MR) is 83.5 cm³/mol. The zero-order valence-corrected chi connectivity index (χ0v) is 12.7. The van der Waals surface area contributed by atoms with E-state index in [1.54, 1.807) is 0 Å². The maximum Gasteiger partial charge on any atom is 0.252 e. The van der Waals surface area contributed by atoms with E-state index >= 15 is 0 Å². The van der Waals surface area contributed by atoms with Gasteiger partial charge in [0.15, 0.2) is 0 Å². The molecule has 1 aromatic heterocycles. The lowest BCUT2D eigenvalue weighted by atomic mass is 9.81. The molecule has 2 aliphatic rings. The number of aromatic nitrogens is 1. The van der Waals surface area contributed by atoms with Gasteiger partial charge in [-0.15, -0.1) is 0 Å². The topological polar surface area (TPSA) is 80.0 Å². The molecule has 1 amide bonds. The second-order valence-electron chi connectivity index (χ2n) is 6.62. The Labute approximate surface area is 125 Å². The molecule has 1 aliphatic heterocycles. The molecule has 3 rings (SSSR count). The molecule has 1 aromatic rings. The average Bonchev–Trinajstić information content (AvgIpc) is 2.92. The van der Waals surface area contributed by atoms with Crippen LogP contribution in [-0.4, -0.2) is 30.5 Å². The fraction of sp³-hybridized carbons (Fsp3) is 0.625. The average molecular weight is 288 g/mol. The largest absolute Gasteiger partial charge is 0.369 e. The molecule has 5 nitrogen and oxygen atoms in total.